The molecule has 0 radical (unpaired) electrons. The number of hydrogen-bond acceptors (Lipinski definition) is 5. The Balaban J connectivity index is 1.49. The second-order valence-corrected chi connectivity index (χ2v) is 8.45. The number of rotatable bonds is 7. The van der Waals surface area contributed by atoms with Gasteiger partial charge in [0.15, 0.2) is 0 Å². The van der Waals surface area contributed by atoms with Crippen molar-refractivity contribution in [2.75, 3.05) is 13.1 Å². The van der Waals surface area contributed by atoms with Crippen LogP contribution in [0.1, 0.15) is 46.4 Å². The molecule has 1 aliphatic heterocycles. The Bertz CT molecular complexity index is 741. The minimum atomic E-state index is 0.0961. The van der Waals surface area contributed by atoms with E-state index in [1.807, 2.05) is 30.3 Å². The van der Waals surface area contributed by atoms with E-state index in [-0.39, 0.29) is 17.9 Å². The third kappa shape index (κ3) is 5.19. The fourth-order valence-corrected chi connectivity index (χ4v) is 3.95. The summed E-state index contributed by atoms with van der Waals surface area (Å²) in [4.78, 5) is 19.5. The lowest BCUT2D eigenvalue weighted by Gasteiger charge is -2.33. The molecule has 152 valence electrons. The lowest BCUT2D eigenvalue weighted by Crippen LogP contribution is -2.47. The van der Waals surface area contributed by atoms with Crippen molar-refractivity contribution in [2.45, 2.75) is 53.1 Å². The second kappa shape index (κ2) is 9.32. The molecule has 1 amide bonds. The highest BCUT2D eigenvalue weighted by molar-refractivity contribution is 5.79. The van der Waals surface area contributed by atoms with Gasteiger partial charge in [-0.25, -0.2) is 0 Å². The van der Waals surface area contributed by atoms with Crippen molar-refractivity contribution < 1.29 is 9.32 Å². The van der Waals surface area contributed by atoms with E-state index in [1.54, 1.807) is 0 Å². The normalized spacial score (nSPS) is 16.2. The van der Waals surface area contributed by atoms with Gasteiger partial charge >= 0.3 is 0 Å². The number of hydrogen-bond donors (Lipinski definition) is 1. The van der Waals surface area contributed by atoms with Gasteiger partial charge in [0.2, 0.25) is 17.6 Å². The molecule has 0 spiro atoms. The number of aromatic nitrogens is 2. The summed E-state index contributed by atoms with van der Waals surface area (Å²) >= 11 is 0. The fraction of sp³-hybridized carbons (Fsp3) is 0.591. The molecular formula is C22H32N4O2. The van der Waals surface area contributed by atoms with Crippen LogP contribution in [0.4, 0.5) is 0 Å². The summed E-state index contributed by atoms with van der Waals surface area (Å²) in [5.74, 6) is 2.44. The Morgan fingerprint density at radius 1 is 1.14 bits per heavy atom. The van der Waals surface area contributed by atoms with Gasteiger partial charge in [-0.3, -0.25) is 9.69 Å². The average molecular weight is 385 g/mol. The number of piperidine rings is 1. The Morgan fingerprint density at radius 3 is 2.39 bits per heavy atom. The smallest absolute Gasteiger partial charge is 0.241 e. The van der Waals surface area contributed by atoms with Crippen molar-refractivity contribution in [2.24, 2.45) is 17.8 Å². The first-order chi connectivity index (χ1) is 13.4. The van der Waals surface area contributed by atoms with E-state index in [9.17, 15) is 4.79 Å². The highest BCUT2D eigenvalue weighted by Crippen LogP contribution is 2.22. The molecule has 28 heavy (non-hydrogen) atoms. The lowest BCUT2D eigenvalue weighted by atomic mass is 9.90. The highest BCUT2D eigenvalue weighted by atomic mass is 16.5. The Labute approximate surface area is 167 Å². The standard InChI is InChI=1S/C22H32N4O2/c1-15(2)20(16(3)4)24-22(27)18-10-12-26(13-11-18)14-19-23-21(25-28-19)17-8-6-5-7-9-17/h5-9,15-16,18,20H,10-14H2,1-4H3,(H,24,27). The number of benzene rings is 1. The third-order valence-corrected chi connectivity index (χ3v) is 5.56. The van der Waals surface area contributed by atoms with Crippen LogP contribution < -0.4 is 5.32 Å². The SMILES string of the molecule is CC(C)C(NC(=O)C1CCN(Cc2nc(-c3ccccc3)no2)CC1)C(C)C. The quantitative estimate of drug-likeness (QED) is 0.787. The van der Waals surface area contributed by atoms with Crippen molar-refractivity contribution in [3.05, 3.63) is 36.2 Å². The summed E-state index contributed by atoms with van der Waals surface area (Å²) in [5.41, 5.74) is 0.956. The van der Waals surface area contributed by atoms with Gasteiger partial charge < -0.3 is 9.84 Å². The van der Waals surface area contributed by atoms with E-state index >= 15 is 0 Å². The van der Waals surface area contributed by atoms with E-state index < -0.39 is 0 Å². The van der Waals surface area contributed by atoms with E-state index in [4.69, 9.17) is 4.52 Å². The number of nitrogens with zero attached hydrogens (tertiary/aromatic N) is 3. The summed E-state index contributed by atoms with van der Waals surface area (Å²) in [6.07, 6.45) is 1.74. The van der Waals surface area contributed by atoms with E-state index in [2.05, 4.69) is 48.1 Å². The van der Waals surface area contributed by atoms with Crippen LogP contribution in [0.3, 0.4) is 0 Å². The van der Waals surface area contributed by atoms with Gasteiger partial charge in [0.1, 0.15) is 0 Å². The largest absolute Gasteiger partial charge is 0.353 e. The molecule has 1 aromatic heterocycles. The number of nitrogens with one attached hydrogen (secondary N) is 1. The highest BCUT2D eigenvalue weighted by Gasteiger charge is 2.28. The first kappa shape index (κ1) is 20.5. The van der Waals surface area contributed by atoms with Crippen LogP contribution in [0.25, 0.3) is 11.4 Å². The van der Waals surface area contributed by atoms with Gasteiger partial charge in [-0.1, -0.05) is 63.2 Å². The van der Waals surface area contributed by atoms with Gasteiger partial charge in [-0.2, -0.15) is 4.98 Å². The predicted molar refractivity (Wildman–Crippen MR) is 109 cm³/mol. The van der Waals surface area contributed by atoms with Gasteiger partial charge in [0.05, 0.1) is 6.54 Å². The van der Waals surface area contributed by atoms with Crippen LogP contribution in [0, 0.1) is 17.8 Å². The predicted octanol–water partition coefficient (Wildman–Crippen LogP) is 3.75. The van der Waals surface area contributed by atoms with Gasteiger partial charge in [0, 0.05) is 17.5 Å². The lowest BCUT2D eigenvalue weighted by molar-refractivity contribution is -0.127. The maximum Gasteiger partial charge on any atom is 0.241 e. The summed E-state index contributed by atoms with van der Waals surface area (Å²) in [5, 5.41) is 7.36. The molecule has 1 fully saturated rings. The minimum Gasteiger partial charge on any atom is -0.353 e. The van der Waals surface area contributed by atoms with Crippen molar-refractivity contribution in [1.82, 2.24) is 20.4 Å². The molecule has 6 heteroatoms. The van der Waals surface area contributed by atoms with Crippen molar-refractivity contribution in [3.8, 4) is 11.4 Å². The first-order valence-electron chi connectivity index (χ1n) is 10.3. The van der Waals surface area contributed by atoms with Crippen molar-refractivity contribution in [3.63, 3.8) is 0 Å². The molecule has 0 saturated carbocycles. The molecule has 1 N–H and O–H groups in total. The summed E-state index contributed by atoms with van der Waals surface area (Å²) < 4.78 is 5.42. The molecule has 1 saturated heterocycles. The summed E-state index contributed by atoms with van der Waals surface area (Å²) in [6, 6.07) is 10.1. The molecule has 2 aromatic rings. The van der Waals surface area contributed by atoms with Crippen molar-refractivity contribution >= 4 is 5.91 Å². The molecule has 1 aromatic carbocycles. The van der Waals surface area contributed by atoms with Crippen LogP contribution in [0.5, 0.6) is 0 Å². The molecule has 3 rings (SSSR count). The van der Waals surface area contributed by atoms with Crippen LogP contribution in [0.15, 0.2) is 34.9 Å². The number of likely N-dealkylation sites (tertiary alicyclic amines) is 1. The molecule has 0 unspecified atom stereocenters. The molecule has 1 aliphatic rings. The third-order valence-electron chi connectivity index (χ3n) is 5.56. The Morgan fingerprint density at radius 2 is 1.79 bits per heavy atom. The molecule has 0 atom stereocenters. The maximum absolute atomic E-state index is 12.7. The summed E-state index contributed by atoms with van der Waals surface area (Å²) in [7, 11) is 0. The van der Waals surface area contributed by atoms with E-state index in [1.165, 1.54) is 0 Å². The topological polar surface area (TPSA) is 71.3 Å². The zero-order valence-electron chi connectivity index (χ0n) is 17.4. The van der Waals surface area contributed by atoms with Crippen LogP contribution in [-0.2, 0) is 11.3 Å². The number of carbonyl (C=O) groups is 1. The molecular weight excluding hydrogens is 352 g/mol. The molecule has 0 bridgehead atoms. The minimum absolute atomic E-state index is 0.0961. The van der Waals surface area contributed by atoms with Crippen LogP contribution in [-0.4, -0.2) is 40.1 Å². The first-order valence-corrected chi connectivity index (χ1v) is 10.3. The van der Waals surface area contributed by atoms with E-state index in [0.717, 1.165) is 31.5 Å². The zero-order chi connectivity index (χ0) is 20.1. The van der Waals surface area contributed by atoms with Crippen molar-refractivity contribution in [1.29, 1.82) is 0 Å². The fourth-order valence-electron chi connectivity index (χ4n) is 3.95. The summed E-state index contributed by atoms with van der Waals surface area (Å²) in [6.45, 7) is 11.0. The number of carbonyl (C=O) groups excluding carboxylic acids is 1. The van der Waals surface area contributed by atoms with Gasteiger partial charge in [-0.05, 0) is 37.8 Å². The maximum atomic E-state index is 12.7. The van der Waals surface area contributed by atoms with Crippen LogP contribution in [0.2, 0.25) is 0 Å². The Kier molecular flexibility index (Phi) is 6.83. The monoisotopic (exact) mass is 384 g/mol. The van der Waals surface area contributed by atoms with Gasteiger partial charge in [0.25, 0.3) is 0 Å². The van der Waals surface area contributed by atoms with Gasteiger partial charge in [-0.15, -0.1) is 0 Å². The molecule has 0 aliphatic carbocycles. The Hall–Kier alpha value is -2.21. The zero-order valence-corrected chi connectivity index (χ0v) is 17.4. The van der Waals surface area contributed by atoms with Crippen LogP contribution >= 0.6 is 0 Å². The molecule has 2 heterocycles. The second-order valence-electron chi connectivity index (χ2n) is 8.45. The molecule has 6 nitrogen and oxygen atoms in total. The average Bonchev–Trinajstić information content (AvgIpc) is 3.15. The van der Waals surface area contributed by atoms with E-state index in [0.29, 0.717) is 30.1 Å². The number of amides is 1.